The minimum atomic E-state index is -0.976. The van der Waals surface area contributed by atoms with Gasteiger partial charge in [0.05, 0.1) is 6.54 Å². The summed E-state index contributed by atoms with van der Waals surface area (Å²) in [6.45, 7) is 2.77. The van der Waals surface area contributed by atoms with Gasteiger partial charge in [-0.1, -0.05) is 11.6 Å². The second-order valence-electron chi connectivity index (χ2n) is 4.87. The molecule has 0 saturated carbocycles. The number of urea groups is 1. The molecule has 4 amide bonds. The molecule has 0 radical (unpaired) electrons. The van der Waals surface area contributed by atoms with Crippen LogP contribution in [0.4, 0.5) is 4.79 Å². The third-order valence-electron chi connectivity index (χ3n) is 3.07. The Morgan fingerprint density at radius 3 is 2.14 bits per heavy atom. The van der Waals surface area contributed by atoms with E-state index < -0.39 is 36.2 Å². The molecule has 0 N–H and O–H groups in total. The van der Waals surface area contributed by atoms with E-state index >= 15 is 0 Å². The number of carbonyl (C=O) groups excluding carboxylic acids is 4. The second-order valence-corrected chi connectivity index (χ2v) is 5.31. The summed E-state index contributed by atoms with van der Waals surface area (Å²) in [4.78, 5) is 49.1. The molecule has 1 fully saturated rings. The average molecular weight is 309 g/mol. The number of amides is 4. The van der Waals surface area contributed by atoms with E-state index in [9.17, 15) is 19.2 Å². The first-order chi connectivity index (χ1) is 9.82. The van der Waals surface area contributed by atoms with Gasteiger partial charge in [-0.15, -0.1) is 0 Å². The van der Waals surface area contributed by atoms with Crippen LogP contribution in [0, 0.1) is 0 Å². The van der Waals surface area contributed by atoms with E-state index in [1.807, 2.05) is 0 Å². The number of halogens is 1. The molecule has 1 aromatic carbocycles. The predicted molar refractivity (Wildman–Crippen MR) is 74.9 cm³/mol. The van der Waals surface area contributed by atoms with Crippen molar-refractivity contribution in [2.24, 2.45) is 0 Å². The van der Waals surface area contributed by atoms with Crippen LogP contribution < -0.4 is 0 Å². The molecular weight excluding hydrogens is 296 g/mol. The quantitative estimate of drug-likeness (QED) is 0.482. The molecule has 0 aliphatic carbocycles. The van der Waals surface area contributed by atoms with Crippen LogP contribution in [-0.2, 0) is 9.59 Å². The predicted octanol–water partition coefficient (Wildman–Crippen LogP) is 1.72. The van der Waals surface area contributed by atoms with Crippen LogP contribution in [-0.4, -0.2) is 46.0 Å². The molecule has 1 aromatic rings. The van der Waals surface area contributed by atoms with Gasteiger partial charge in [0.1, 0.15) is 0 Å². The highest BCUT2D eigenvalue weighted by molar-refractivity contribution is 6.45. The molecule has 7 heteroatoms. The summed E-state index contributed by atoms with van der Waals surface area (Å²) in [6, 6.07) is 4.86. The fourth-order valence-electron chi connectivity index (χ4n) is 1.99. The lowest BCUT2D eigenvalue weighted by atomic mass is 10.1. The Labute approximate surface area is 126 Å². The molecule has 0 aromatic heterocycles. The first-order valence-electron chi connectivity index (χ1n) is 6.30. The van der Waals surface area contributed by atoms with Crippen molar-refractivity contribution in [1.29, 1.82) is 0 Å². The highest BCUT2D eigenvalue weighted by Gasteiger charge is 2.46. The molecule has 2 rings (SSSR count). The summed E-state index contributed by atoms with van der Waals surface area (Å²) in [6.07, 6.45) is 0. The molecule has 1 aliphatic rings. The molecule has 0 spiro atoms. The molecule has 21 heavy (non-hydrogen) atoms. The largest absolute Gasteiger partial charge is 0.334 e. The van der Waals surface area contributed by atoms with Crippen LogP contribution in [0.25, 0.3) is 0 Å². The molecular formula is C14H13ClN2O4. The standard InChI is InChI=1S/C14H13ClN2O4/c1-8(2)17-13(20)12(19)16(14(17)21)7-11(18)9-3-5-10(15)6-4-9/h3-6,8H,7H2,1-2H3. The Morgan fingerprint density at radius 2 is 1.67 bits per heavy atom. The molecule has 0 atom stereocenters. The number of carbonyl (C=O) groups is 4. The zero-order valence-electron chi connectivity index (χ0n) is 11.5. The molecule has 1 heterocycles. The maximum absolute atomic E-state index is 12.1. The number of rotatable bonds is 4. The maximum atomic E-state index is 12.1. The zero-order chi connectivity index (χ0) is 15.7. The van der Waals surface area contributed by atoms with Gasteiger partial charge >= 0.3 is 17.8 Å². The van der Waals surface area contributed by atoms with Gasteiger partial charge < -0.3 is 0 Å². The van der Waals surface area contributed by atoms with Crippen molar-refractivity contribution in [2.45, 2.75) is 19.9 Å². The van der Waals surface area contributed by atoms with Crippen molar-refractivity contribution in [3.63, 3.8) is 0 Å². The number of imide groups is 2. The molecule has 1 saturated heterocycles. The highest BCUT2D eigenvalue weighted by atomic mass is 35.5. The lowest BCUT2D eigenvalue weighted by Gasteiger charge is -2.18. The first-order valence-corrected chi connectivity index (χ1v) is 6.68. The first kappa shape index (κ1) is 15.2. The van der Waals surface area contributed by atoms with Crippen molar-refractivity contribution in [3.05, 3.63) is 34.9 Å². The lowest BCUT2D eigenvalue weighted by Crippen LogP contribution is -2.39. The highest BCUT2D eigenvalue weighted by Crippen LogP contribution is 2.17. The number of Topliss-reactive ketones (excluding diaryl/α,β-unsaturated/α-hetero) is 1. The van der Waals surface area contributed by atoms with Gasteiger partial charge in [0.25, 0.3) is 0 Å². The van der Waals surface area contributed by atoms with Crippen molar-refractivity contribution in [1.82, 2.24) is 9.80 Å². The summed E-state index contributed by atoms with van der Waals surface area (Å²) in [5, 5.41) is 0.473. The monoisotopic (exact) mass is 308 g/mol. The molecule has 110 valence electrons. The third-order valence-corrected chi connectivity index (χ3v) is 3.32. The van der Waals surface area contributed by atoms with Crippen LogP contribution in [0.1, 0.15) is 24.2 Å². The summed E-state index contributed by atoms with van der Waals surface area (Å²) in [5.74, 6) is -2.32. The lowest BCUT2D eigenvalue weighted by molar-refractivity contribution is -0.143. The summed E-state index contributed by atoms with van der Waals surface area (Å²) >= 11 is 5.72. The van der Waals surface area contributed by atoms with Crippen LogP contribution in [0.2, 0.25) is 5.02 Å². The smallest absolute Gasteiger partial charge is 0.292 e. The van der Waals surface area contributed by atoms with Crippen molar-refractivity contribution in [3.8, 4) is 0 Å². The minimum absolute atomic E-state index is 0.315. The van der Waals surface area contributed by atoms with E-state index in [4.69, 9.17) is 11.6 Å². The number of hydrogen-bond acceptors (Lipinski definition) is 4. The van der Waals surface area contributed by atoms with Gasteiger partial charge in [-0.2, -0.15) is 0 Å². The number of ketones is 1. The molecule has 6 nitrogen and oxygen atoms in total. The summed E-state index contributed by atoms with van der Waals surface area (Å²) in [7, 11) is 0. The maximum Gasteiger partial charge on any atom is 0.334 e. The molecule has 0 unspecified atom stereocenters. The minimum Gasteiger partial charge on any atom is -0.292 e. The Bertz CT molecular complexity index is 624. The van der Waals surface area contributed by atoms with Crippen LogP contribution in [0.3, 0.4) is 0 Å². The molecule has 0 bridgehead atoms. The van der Waals surface area contributed by atoms with Gasteiger partial charge in [-0.05, 0) is 38.1 Å². The Balaban J connectivity index is 2.18. The third kappa shape index (κ3) is 2.80. The van der Waals surface area contributed by atoms with E-state index in [-0.39, 0.29) is 0 Å². The van der Waals surface area contributed by atoms with E-state index in [2.05, 4.69) is 0 Å². The number of hydrogen-bond donors (Lipinski definition) is 0. The van der Waals surface area contributed by atoms with Crippen LogP contribution >= 0.6 is 11.6 Å². The van der Waals surface area contributed by atoms with Gasteiger partial charge in [0.2, 0.25) is 0 Å². The van der Waals surface area contributed by atoms with Crippen molar-refractivity contribution in [2.75, 3.05) is 6.54 Å². The molecule has 1 aliphatic heterocycles. The van der Waals surface area contributed by atoms with Crippen molar-refractivity contribution >= 4 is 35.2 Å². The van der Waals surface area contributed by atoms with Crippen LogP contribution in [0.5, 0.6) is 0 Å². The van der Waals surface area contributed by atoms with Gasteiger partial charge in [0.15, 0.2) is 5.78 Å². The Hall–Kier alpha value is -2.21. The van der Waals surface area contributed by atoms with E-state index in [1.54, 1.807) is 13.8 Å². The summed E-state index contributed by atoms with van der Waals surface area (Å²) in [5.41, 5.74) is 0.315. The topological polar surface area (TPSA) is 74.8 Å². The van der Waals surface area contributed by atoms with E-state index in [0.717, 1.165) is 4.90 Å². The second kappa shape index (κ2) is 5.65. The number of nitrogens with zero attached hydrogens (tertiary/aromatic N) is 2. The van der Waals surface area contributed by atoms with Gasteiger partial charge in [-0.3, -0.25) is 19.3 Å². The SMILES string of the molecule is CC(C)N1C(=O)C(=O)N(CC(=O)c2ccc(Cl)cc2)C1=O. The zero-order valence-corrected chi connectivity index (χ0v) is 12.3. The van der Waals surface area contributed by atoms with Gasteiger partial charge in [-0.25, -0.2) is 9.69 Å². The Kier molecular flexibility index (Phi) is 4.09. The fourth-order valence-corrected chi connectivity index (χ4v) is 2.11. The van der Waals surface area contributed by atoms with Gasteiger partial charge in [0, 0.05) is 16.6 Å². The number of benzene rings is 1. The fraction of sp³-hybridized carbons (Fsp3) is 0.286. The van der Waals surface area contributed by atoms with E-state index in [0.29, 0.717) is 15.5 Å². The van der Waals surface area contributed by atoms with E-state index in [1.165, 1.54) is 24.3 Å². The summed E-state index contributed by atoms with van der Waals surface area (Å²) < 4.78 is 0. The normalized spacial score (nSPS) is 15.3. The van der Waals surface area contributed by atoms with Crippen LogP contribution in [0.15, 0.2) is 24.3 Å². The average Bonchev–Trinajstić information content (AvgIpc) is 2.63. The Morgan fingerprint density at radius 1 is 1.10 bits per heavy atom. The van der Waals surface area contributed by atoms with Crippen molar-refractivity contribution < 1.29 is 19.2 Å².